The largest absolute Gasteiger partial charge is 0.352 e. The lowest BCUT2D eigenvalue weighted by atomic mass is 10.0. The first-order chi connectivity index (χ1) is 11.6. The van der Waals surface area contributed by atoms with Crippen molar-refractivity contribution in [3.05, 3.63) is 71.3 Å². The number of amides is 2. The van der Waals surface area contributed by atoms with E-state index < -0.39 is 0 Å². The molecule has 2 N–H and O–H groups in total. The van der Waals surface area contributed by atoms with Crippen molar-refractivity contribution in [2.24, 2.45) is 0 Å². The van der Waals surface area contributed by atoms with Crippen LogP contribution in [0, 0.1) is 11.3 Å². The van der Waals surface area contributed by atoms with E-state index in [1.165, 1.54) is 6.92 Å². The van der Waals surface area contributed by atoms with Crippen molar-refractivity contribution in [1.29, 1.82) is 5.26 Å². The SMILES string of the molecule is CC(=O)NC(CC(=O)NCc1ccc(C#N)cc1)c1ccccc1. The Labute approximate surface area is 141 Å². The Morgan fingerprint density at radius 2 is 1.75 bits per heavy atom. The summed E-state index contributed by atoms with van der Waals surface area (Å²) < 4.78 is 0. The third-order valence-electron chi connectivity index (χ3n) is 3.54. The summed E-state index contributed by atoms with van der Waals surface area (Å²) in [6.07, 6.45) is 0.167. The van der Waals surface area contributed by atoms with Crippen LogP contribution in [0.2, 0.25) is 0 Å². The van der Waals surface area contributed by atoms with E-state index in [2.05, 4.69) is 16.7 Å². The summed E-state index contributed by atoms with van der Waals surface area (Å²) in [6.45, 7) is 1.82. The Kier molecular flexibility index (Phi) is 6.09. The molecule has 1 atom stereocenters. The summed E-state index contributed by atoms with van der Waals surface area (Å²) in [5, 5.41) is 14.4. The molecule has 0 saturated heterocycles. The lowest BCUT2D eigenvalue weighted by molar-refractivity contribution is -0.122. The Hall–Kier alpha value is -3.13. The third-order valence-corrected chi connectivity index (χ3v) is 3.54. The maximum absolute atomic E-state index is 12.2. The predicted molar refractivity (Wildman–Crippen MR) is 90.6 cm³/mol. The molecule has 2 aromatic rings. The van der Waals surface area contributed by atoms with Crippen LogP contribution in [-0.4, -0.2) is 11.8 Å². The van der Waals surface area contributed by atoms with Gasteiger partial charge in [0.1, 0.15) is 0 Å². The van der Waals surface area contributed by atoms with Gasteiger partial charge in [-0.05, 0) is 23.3 Å². The molecule has 5 heteroatoms. The van der Waals surface area contributed by atoms with Gasteiger partial charge >= 0.3 is 0 Å². The average molecular weight is 321 g/mol. The fourth-order valence-corrected chi connectivity index (χ4v) is 2.34. The highest BCUT2D eigenvalue weighted by Crippen LogP contribution is 2.16. The zero-order valence-corrected chi connectivity index (χ0v) is 13.5. The monoisotopic (exact) mass is 321 g/mol. The molecule has 0 spiro atoms. The van der Waals surface area contributed by atoms with Gasteiger partial charge in [0.05, 0.1) is 24.1 Å². The van der Waals surface area contributed by atoms with E-state index in [-0.39, 0.29) is 24.3 Å². The number of rotatable bonds is 6. The molecule has 0 aliphatic carbocycles. The first kappa shape index (κ1) is 17.2. The molecule has 2 rings (SSSR count). The molecule has 0 bridgehead atoms. The van der Waals surface area contributed by atoms with Crippen molar-refractivity contribution in [1.82, 2.24) is 10.6 Å². The first-order valence-electron chi connectivity index (χ1n) is 7.66. The molecule has 0 heterocycles. The van der Waals surface area contributed by atoms with Crippen LogP contribution in [0.25, 0.3) is 0 Å². The molecule has 122 valence electrons. The van der Waals surface area contributed by atoms with E-state index in [1.807, 2.05) is 30.3 Å². The normalized spacial score (nSPS) is 11.2. The van der Waals surface area contributed by atoms with Crippen molar-refractivity contribution >= 4 is 11.8 Å². The summed E-state index contributed by atoms with van der Waals surface area (Å²) in [7, 11) is 0. The topological polar surface area (TPSA) is 82.0 Å². The van der Waals surface area contributed by atoms with Crippen LogP contribution in [0.5, 0.6) is 0 Å². The molecule has 0 fully saturated rings. The van der Waals surface area contributed by atoms with E-state index in [4.69, 9.17) is 5.26 Å². The maximum atomic E-state index is 12.2. The van der Waals surface area contributed by atoms with Crippen molar-refractivity contribution in [3.8, 4) is 6.07 Å². The lowest BCUT2D eigenvalue weighted by Crippen LogP contribution is -2.32. The van der Waals surface area contributed by atoms with E-state index in [9.17, 15) is 9.59 Å². The van der Waals surface area contributed by atoms with E-state index in [0.29, 0.717) is 12.1 Å². The highest BCUT2D eigenvalue weighted by Gasteiger charge is 2.16. The van der Waals surface area contributed by atoms with Crippen LogP contribution >= 0.6 is 0 Å². The number of benzene rings is 2. The minimum atomic E-state index is -0.357. The quantitative estimate of drug-likeness (QED) is 0.857. The summed E-state index contributed by atoms with van der Waals surface area (Å²) in [5.74, 6) is -0.328. The summed E-state index contributed by atoms with van der Waals surface area (Å²) in [5.41, 5.74) is 2.39. The number of carbonyl (C=O) groups excluding carboxylic acids is 2. The smallest absolute Gasteiger partial charge is 0.222 e. The van der Waals surface area contributed by atoms with Crippen LogP contribution < -0.4 is 10.6 Å². The second kappa shape index (κ2) is 8.49. The summed E-state index contributed by atoms with van der Waals surface area (Å²) >= 11 is 0. The number of nitriles is 1. The minimum absolute atomic E-state index is 0.151. The standard InChI is InChI=1S/C19H19N3O2/c1-14(23)22-18(17-5-3-2-4-6-17)11-19(24)21-13-16-9-7-15(12-20)8-10-16/h2-10,18H,11,13H2,1H3,(H,21,24)(H,22,23). The molecular weight excluding hydrogens is 302 g/mol. The van der Waals surface area contributed by atoms with Crippen LogP contribution in [0.15, 0.2) is 54.6 Å². The van der Waals surface area contributed by atoms with Crippen molar-refractivity contribution in [2.75, 3.05) is 0 Å². The Morgan fingerprint density at radius 3 is 2.33 bits per heavy atom. The molecule has 0 saturated carbocycles. The number of nitrogens with zero attached hydrogens (tertiary/aromatic N) is 1. The van der Waals surface area contributed by atoms with Gasteiger partial charge in [-0.1, -0.05) is 42.5 Å². The predicted octanol–water partition coefficient (Wildman–Crippen LogP) is 2.44. The minimum Gasteiger partial charge on any atom is -0.352 e. The molecule has 2 aromatic carbocycles. The fraction of sp³-hybridized carbons (Fsp3) is 0.211. The van der Waals surface area contributed by atoms with E-state index in [1.54, 1.807) is 24.3 Å². The Morgan fingerprint density at radius 1 is 1.08 bits per heavy atom. The fourth-order valence-electron chi connectivity index (χ4n) is 2.34. The molecule has 0 aliphatic rings. The summed E-state index contributed by atoms with van der Waals surface area (Å²) in [4.78, 5) is 23.6. The summed E-state index contributed by atoms with van der Waals surface area (Å²) in [6, 6.07) is 18.1. The third kappa shape index (κ3) is 5.25. The average Bonchev–Trinajstić information content (AvgIpc) is 2.60. The zero-order chi connectivity index (χ0) is 17.4. The molecule has 2 amide bonds. The molecule has 0 radical (unpaired) electrons. The number of nitrogens with one attached hydrogen (secondary N) is 2. The highest BCUT2D eigenvalue weighted by molar-refractivity contribution is 5.79. The second-order valence-corrected chi connectivity index (χ2v) is 5.45. The van der Waals surface area contributed by atoms with Gasteiger partial charge < -0.3 is 10.6 Å². The Balaban J connectivity index is 1.94. The van der Waals surface area contributed by atoms with Crippen molar-refractivity contribution in [3.63, 3.8) is 0 Å². The van der Waals surface area contributed by atoms with Gasteiger partial charge in [-0.25, -0.2) is 0 Å². The van der Waals surface area contributed by atoms with Gasteiger partial charge in [0, 0.05) is 13.5 Å². The molecule has 0 aromatic heterocycles. The molecular formula is C19H19N3O2. The van der Waals surface area contributed by atoms with Crippen LogP contribution in [0.4, 0.5) is 0 Å². The zero-order valence-electron chi connectivity index (χ0n) is 13.5. The lowest BCUT2D eigenvalue weighted by Gasteiger charge is -2.18. The first-order valence-corrected chi connectivity index (χ1v) is 7.66. The van der Waals surface area contributed by atoms with E-state index >= 15 is 0 Å². The van der Waals surface area contributed by atoms with Gasteiger partial charge in [-0.3, -0.25) is 9.59 Å². The van der Waals surface area contributed by atoms with Crippen LogP contribution in [0.3, 0.4) is 0 Å². The van der Waals surface area contributed by atoms with Gasteiger partial charge in [0.15, 0.2) is 0 Å². The van der Waals surface area contributed by atoms with Gasteiger partial charge in [-0.15, -0.1) is 0 Å². The molecule has 0 aliphatic heterocycles. The van der Waals surface area contributed by atoms with Gasteiger partial charge in [0.25, 0.3) is 0 Å². The number of carbonyl (C=O) groups is 2. The number of hydrogen-bond acceptors (Lipinski definition) is 3. The Bertz CT molecular complexity index is 733. The van der Waals surface area contributed by atoms with Crippen LogP contribution in [0.1, 0.15) is 36.1 Å². The van der Waals surface area contributed by atoms with E-state index in [0.717, 1.165) is 11.1 Å². The molecule has 1 unspecified atom stereocenters. The maximum Gasteiger partial charge on any atom is 0.222 e. The van der Waals surface area contributed by atoms with Gasteiger partial charge in [-0.2, -0.15) is 5.26 Å². The van der Waals surface area contributed by atoms with Gasteiger partial charge in [0.2, 0.25) is 11.8 Å². The highest BCUT2D eigenvalue weighted by atomic mass is 16.2. The van der Waals surface area contributed by atoms with Crippen LogP contribution in [-0.2, 0) is 16.1 Å². The molecule has 5 nitrogen and oxygen atoms in total. The van der Waals surface area contributed by atoms with Crippen molar-refractivity contribution in [2.45, 2.75) is 25.9 Å². The second-order valence-electron chi connectivity index (χ2n) is 5.45. The number of hydrogen-bond donors (Lipinski definition) is 2. The van der Waals surface area contributed by atoms with Crippen molar-refractivity contribution < 1.29 is 9.59 Å². The molecule has 24 heavy (non-hydrogen) atoms.